The molecule has 0 radical (unpaired) electrons. The Balaban J connectivity index is 1.69. The number of benzene rings is 1. The molecule has 1 heterocycles. The maximum absolute atomic E-state index is 13.8. The first kappa shape index (κ1) is 20.6. The summed E-state index contributed by atoms with van der Waals surface area (Å²) in [6, 6.07) is 6.26. The van der Waals surface area contributed by atoms with Crippen molar-refractivity contribution in [3.63, 3.8) is 0 Å². The summed E-state index contributed by atoms with van der Waals surface area (Å²) in [5, 5.41) is 2.39. The molecular weight excluding hydrogens is 378 g/mol. The fourth-order valence-electron chi connectivity index (χ4n) is 3.06. The van der Waals surface area contributed by atoms with E-state index in [1.165, 1.54) is 11.0 Å². The maximum Gasteiger partial charge on any atom is 0.322 e. The van der Waals surface area contributed by atoms with Gasteiger partial charge in [0.05, 0.1) is 12.2 Å². The average molecular weight is 402 g/mol. The van der Waals surface area contributed by atoms with Gasteiger partial charge in [0.15, 0.2) is 0 Å². The van der Waals surface area contributed by atoms with Crippen LogP contribution in [-0.4, -0.2) is 45.4 Å². The Bertz CT molecular complexity index is 908. The summed E-state index contributed by atoms with van der Waals surface area (Å²) in [5.74, 6) is -1.81. The molecule has 8 heteroatoms. The molecule has 1 aromatic heterocycles. The van der Waals surface area contributed by atoms with Crippen LogP contribution in [0.2, 0.25) is 0 Å². The van der Waals surface area contributed by atoms with Gasteiger partial charge >= 0.3 is 6.03 Å². The van der Waals surface area contributed by atoms with Gasteiger partial charge in [-0.15, -0.1) is 6.58 Å². The topological polar surface area (TPSA) is 57.6 Å². The molecular formula is C21H24F2N4O2. The van der Waals surface area contributed by atoms with E-state index in [1.54, 1.807) is 4.90 Å². The summed E-state index contributed by atoms with van der Waals surface area (Å²) in [6.07, 6.45) is 5.28. The highest BCUT2D eigenvalue weighted by Gasteiger charge is 2.34. The Kier molecular flexibility index (Phi) is 6.31. The molecule has 1 aliphatic carbocycles. The van der Waals surface area contributed by atoms with Gasteiger partial charge in [-0.25, -0.2) is 13.6 Å². The number of halogens is 2. The van der Waals surface area contributed by atoms with Gasteiger partial charge in [0.2, 0.25) is 5.91 Å². The number of nitrogens with zero attached hydrogens (tertiary/aromatic N) is 3. The van der Waals surface area contributed by atoms with Crippen molar-refractivity contribution in [3.05, 3.63) is 66.5 Å². The first-order valence-electron chi connectivity index (χ1n) is 9.40. The van der Waals surface area contributed by atoms with Gasteiger partial charge < -0.3 is 19.7 Å². The minimum absolute atomic E-state index is 0.114. The molecule has 1 fully saturated rings. The van der Waals surface area contributed by atoms with E-state index in [0.29, 0.717) is 12.6 Å². The highest BCUT2D eigenvalue weighted by atomic mass is 19.1. The van der Waals surface area contributed by atoms with Gasteiger partial charge in [-0.1, -0.05) is 6.08 Å². The molecule has 0 bridgehead atoms. The second kappa shape index (κ2) is 8.89. The van der Waals surface area contributed by atoms with E-state index < -0.39 is 17.7 Å². The lowest BCUT2D eigenvalue weighted by molar-refractivity contribution is -0.133. The molecule has 0 atom stereocenters. The second-order valence-corrected chi connectivity index (χ2v) is 7.09. The molecule has 29 heavy (non-hydrogen) atoms. The number of rotatable bonds is 8. The predicted molar refractivity (Wildman–Crippen MR) is 106 cm³/mol. The van der Waals surface area contributed by atoms with Crippen molar-refractivity contribution in [3.8, 4) is 0 Å². The zero-order chi connectivity index (χ0) is 21.0. The number of carbonyl (C=O) groups is 2. The Morgan fingerprint density at radius 1 is 1.31 bits per heavy atom. The number of aryl methyl sites for hydroxylation is 1. The minimum atomic E-state index is -0.883. The maximum atomic E-state index is 13.8. The van der Waals surface area contributed by atoms with E-state index >= 15 is 0 Å². The summed E-state index contributed by atoms with van der Waals surface area (Å²) in [4.78, 5) is 28.6. The van der Waals surface area contributed by atoms with Crippen LogP contribution in [-0.2, 0) is 18.4 Å². The molecule has 2 aromatic rings. The zero-order valence-electron chi connectivity index (χ0n) is 16.3. The fourth-order valence-corrected chi connectivity index (χ4v) is 3.06. The van der Waals surface area contributed by atoms with Crippen LogP contribution >= 0.6 is 0 Å². The monoisotopic (exact) mass is 402 g/mol. The SMILES string of the molecule is C=CCN(CC(=O)N(Cc1cccn1C)C1CC1)C(=O)Nc1ccc(F)cc1F. The van der Waals surface area contributed by atoms with Crippen molar-refractivity contribution in [2.75, 3.05) is 18.4 Å². The summed E-state index contributed by atoms with van der Waals surface area (Å²) in [6.45, 7) is 4.03. The van der Waals surface area contributed by atoms with Gasteiger partial charge in [0, 0.05) is 37.6 Å². The highest BCUT2D eigenvalue weighted by molar-refractivity contribution is 5.92. The van der Waals surface area contributed by atoms with Crippen LogP contribution in [0, 0.1) is 11.6 Å². The number of anilines is 1. The number of amides is 3. The van der Waals surface area contributed by atoms with E-state index in [9.17, 15) is 18.4 Å². The van der Waals surface area contributed by atoms with Crippen LogP contribution in [0.25, 0.3) is 0 Å². The molecule has 0 aliphatic heterocycles. The van der Waals surface area contributed by atoms with Crippen molar-refractivity contribution in [2.45, 2.75) is 25.4 Å². The second-order valence-electron chi connectivity index (χ2n) is 7.09. The van der Waals surface area contributed by atoms with Gasteiger partial charge in [-0.05, 0) is 37.1 Å². The quantitative estimate of drug-likeness (QED) is 0.687. The summed E-state index contributed by atoms with van der Waals surface area (Å²) in [5.41, 5.74) is 0.846. The van der Waals surface area contributed by atoms with Crippen LogP contribution in [0.3, 0.4) is 0 Å². The molecule has 3 amide bonds. The molecule has 154 valence electrons. The van der Waals surface area contributed by atoms with Crippen LogP contribution in [0.5, 0.6) is 0 Å². The number of carbonyl (C=O) groups excluding carboxylic acids is 2. The Morgan fingerprint density at radius 3 is 2.66 bits per heavy atom. The third kappa shape index (κ3) is 5.22. The van der Waals surface area contributed by atoms with E-state index in [1.807, 2.05) is 29.9 Å². The van der Waals surface area contributed by atoms with Crippen LogP contribution in [0.1, 0.15) is 18.5 Å². The largest absolute Gasteiger partial charge is 0.353 e. The smallest absolute Gasteiger partial charge is 0.322 e. The first-order valence-corrected chi connectivity index (χ1v) is 9.40. The fraction of sp³-hybridized carbons (Fsp3) is 0.333. The van der Waals surface area contributed by atoms with Crippen molar-refractivity contribution < 1.29 is 18.4 Å². The molecule has 6 nitrogen and oxygen atoms in total. The van der Waals surface area contributed by atoms with E-state index in [0.717, 1.165) is 30.7 Å². The Labute approximate surface area is 168 Å². The van der Waals surface area contributed by atoms with Gasteiger partial charge in [0.25, 0.3) is 0 Å². The van der Waals surface area contributed by atoms with Crippen molar-refractivity contribution in [1.82, 2.24) is 14.4 Å². The van der Waals surface area contributed by atoms with E-state index in [4.69, 9.17) is 0 Å². The van der Waals surface area contributed by atoms with Gasteiger partial charge in [-0.3, -0.25) is 4.79 Å². The van der Waals surface area contributed by atoms with Crippen molar-refractivity contribution in [1.29, 1.82) is 0 Å². The number of hydrogen-bond acceptors (Lipinski definition) is 2. The van der Waals surface area contributed by atoms with Crippen LogP contribution in [0.4, 0.5) is 19.3 Å². The zero-order valence-corrected chi connectivity index (χ0v) is 16.3. The molecule has 1 N–H and O–H groups in total. The average Bonchev–Trinajstić information content (AvgIpc) is 3.43. The number of urea groups is 1. The standard InChI is InChI=1S/C21H24F2N4O2/c1-3-10-26(21(29)24-19-9-6-15(22)12-18(19)23)14-20(28)27(16-7-8-16)13-17-5-4-11-25(17)2/h3-6,9,11-12,16H,1,7-8,10,13-14H2,2H3,(H,24,29). The molecule has 3 rings (SSSR count). The summed E-state index contributed by atoms with van der Waals surface area (Å²) >= 11 is 0. The number of nitrogens with one attached hydrogen (secondary N) is 1. The number of aromatic nitrogens is 1. The lowest BCUT2D eigenvalue weighted by Crippen LogP contribution is -2.45. The third-order valence-corrected chi connectivity index (χ3v) is 4.83. The van der Waals surface area contributed by atoms with Crippen molar-refractivity contribution >= 4 is 17.6 Å². The van der Waals surface area contributed by atoms with Crippen LogP contribution < -0.4 is 5.32 Å². The van der Waals surface area contributed by atoms with Gasteiger partial charge in [-0.2, -0.15) is 0 Å². The molecule has 1 aromatic carbocycles. The highest BCUT2D eigenvalue weighted by Crippen LogP contribution is 2.28. The molecule has 0 spiro atoms. The predicted octanol–water partition coefficient (Wildman–Crippen LogP) is 3.51. The van der Waals surface area contributed by atoms with E-state index in [2.05, 4.69) is 11.9 Å². The summed E-state index contributed by atoms with van der Waals surface area (Å²) < 4.78 is 28.9. The number of hydrogen-bond donors (Lipinski definition) is 1. The van der Waals surface area contributed by atoms with Crippen LogP contribution in [0.15, 0.2) is 49.2 Å². The summed E-state index contributed by atoms with van der Waals surface area (Å²) in [7, 11) is 1.92. The van der Waals surface area contributed by atoms with E-state index in [-0.39, 0.29) is 30.7 Å². The molecule has 0 saturated heterocycles. The molecule has 0 unspecified atom stereocenters. The Hall–Kier alpha value is -3.16. The van der Waals surface area contributed by atoms with Gasteiger partial charge in [0.1, 0.15) is 18.2 Å². The molecule has 1 aliphatic rings. The lowest BCUT2D eigenvalue weighted by atomic mass is 10.3. The van der Waals surface area contributed by atoms with Crippen molar-refractivity contribution in [2.24, 2.45) is 7.05 Å². The first-order chi connectivity index (χ1) is 13.9. The minimum Gasteiger partial charge on any atom is -0.353 e. The third-order valence-electron chi connectivity index (χ3n) is 4.83. The Morgan fingerprint density at radius 2 is 2.07 bits per heavy atom. The molecule has 1 saturated carbocycles. The normalized spacial score (nSPS) is 13.1. The lowest BCUT2D eigenvalue weighted by Gasteiger charge is -2.27.